The fourth-order valence-electron chi connectivity index (χ4n) is 1.33. The van der Waals surface area contributed by atoms with Crippen LogP contribution in [0.4, 0.5) is 0 Å². The van der Waals surface area contributed by atoms with Gasteiger partial charge in [0.25, 0.3) is 0 Å². The van der Waals surface area contributed by atoms with Gasteiger partial charge in [-0.15, -0.1) is 0 Å². The number of aliphatic hydroxyl groups is 3. The van der Waals surface area contributed by atoms with E-state index in [2.05, 4.69) is 17.5 Å². The van der Waals surface area contributed by atoms with Crippen LogP contribution in [-0.4, -0.2) is 46.4 Å². The number of hydrazone groups is 1. The molecule has 0 spiro atoms. The van der Waals surface area contributed by atoms with Crippen molar-refractivity contribution in [2.45, 2.75) is 51.5 Å². The van der Waals surface area contributed by atoms with Crippen LogP contribution in [0, 0.1) is 0 Å². The molecule has 0 aliphatic carbocycles. The molecule has 0 unspecified atom stereocenters. The summed E-state index contributed by atoms with van der Waals surface area (Å²) >= 11 is 0. The van der Waals surface area contributed by atoms with Gasteiger partial charge >= 0.3 is 0 Å². The van der Waals surface area contributed by atoms with E-state index in [4.69, 9.17) is 15.3 Å². The Balaban J connectivity index is 4.02. The molecule has 0 saturated carbocycles. The van der Waals surface area contributed by atoms with Crippen molar-refractivity contribution in [1.82, 2.24) is 5.43 Å². The monoisotopic (exact) mass is 246 g/mol. The van der Waals surface area contributed by atoms with Crippen LogP contribution in [0.2, 0.25) is 0 Å². The van der Waals surface area contributed by atoms with E-state index in [1.807, 2.05) is 6.92 Å². The third-order valence-electron chi connectivity index (χ3n) is 2.78. The Kier molecular flexibility index (Phi) is 9.03. The lowest BCUT2D eigenvalue weighted by atomic mass is 10.1. The van der Waals surface area contributed by atoms with Crippen molar-refractivity contribution in [3.8, 4) is 0 Å². The van der Waals surface area contributed by atoms with Gasteiger partial charge in [0.1, 0.15) is 5.54 Å². The molecule has 0 aromatic heterocycles. The van der Waals surface area contributed by atoms with E-state index in [1.54, 1.807) is 0 Å². The van der Waals surface area contributed by atoms with E-state index in [0.29, 0.717) is 0 Å². The van der Waals surface area contributed by atoms with Crippen LogP contribution in [-0.2, 0) is 0 Å². The van der Waals surface area contributed by atoms with Crippen LogP contribution in [0.25, 0.3) is 0 Å². The van der Waals surface area contributed by atoms with Crippen LogP contribution < -0.4 is 5.43 Å². The maximum absolute atomic E-state index is 9.08. The van der Waals surface area contributed by atoms with Crippen molar-refractivity contribution in [1.29, 1.82) is 0 Å². The Morgan fingerprint density at radius 1 is 1.06 bits per heavy atom. The summed E-state index contributed by atoms with van der Waals surface area (Å²) in [4.78, 5) is 0. The molecule has 0 aliphatic heterocycles. The SMILES string of the molecule is CCCCCC/C(C)=N/NC(CO)(CO)CO. The molecule has 17 heavy (non-hydrogen) atoms. The molecule has 0 saturated heterocycles. The summed E-state index contributed by atoms with van der Waals surface area (Å²) in [6.07, 6.45) is 5.61. The normalized spacial score (nSPS) is 12.9. The molecule has 0 heterocycles. The Hall–Kier alpha value is -0.650. The molecule has 0 radical (unpaired) electrons. The summed E-state index contributed by atoms with van der Waals surface area (Å²) in [7, 11) is 0. The topological polar surface area (TPSA) is 85.1 Å². The molecule has 5 nitrogen and oxygen atoms in total. The summed E-state index contributed by atoms with van der Waals surface area (Å²) in [5.74, 6) is 0. The van der Waals surface area contributed by atoms with Crippen LogP contribution in [0.15, 0.2) is 5.10 Å². The summed E-state index contributed by atoms with van der Waals surface area (Å²) in [5.41, 5.74) is 2.46. The van der Waals surface area contributed by atoms with Crippen molar-refractivity contribution in [3.05, 3.63) is 0 Å². The zero-order chi connectivity index (χ0) is 13.1. The van der Waals surface area contributed by atoms with Gasteiger partial charge in [-0.3, -0.25) is 5.43 Å². The van der Waals surface area contributed by atoms with E-state index in [1.165, 1.54) is 19.3 Å². The second-order valence-corrected chi connectivity index (χ2v) is 4.52. The second kappa shape index (κ2) is 9.39. The molecule has 0 aromatic rings. The van der Waals surface area contributed by atoms with Gasteiger partial charge in [0.2, 0.25) is 0 Å². The molecule has 0 aromatic carbocycles. The average molecular weight is 246 g/mol. The fraction of sp³-hybridized carbons (Fsp3) is 0.917. The molecule has 0 amide bonds. The first-order valence-corrected chi connectivity index (χ1v) is 6.27. The molecular formula is C12H26N2O3. The summed E-state index contributed by atoms with van der Waals surface area (Å²) in [6.45, 7) is 3.00. The van der Waals surface area contributed by atoms with Crippen LogP contribution in [0.1, 0.15) is 46.0 Å². The zero-order valence-electron chi connectivity index (χ0n) is 10.9. The summed E-state index contributed by atoms with van der Waals surface area (Å²) in [6, 6.07) is 0. The molecule has 102 valence electrons. The van der Waals surface area contributed by atoms with Gasteiger partial charge < -0.3 is 15.3 Å². The maximum Gasteiger partial charge on any atom is 0.124 e. The Labute approximate surface area is 104 Å². The number of aliphatic hydroxyl groups excluding tert-OH is 3. The molecule has 4 N–H and O–H groups in total. The molecular weight excluding hydrogens is 220 g/mol. The smallest absolute Gasteiger partial charge is 0.124 e. The van der Waals surface area contributed by atoms with Crippen molar-refractivity contribution in [2.75, 3.05) is 19.8 Å². The number of rotatable bonds is 10. The van der Waals surface area contributed by atoms with Gasteiger partial charge in [-0.2, -0.15) is 5.10 Å². The van der Waals surface area contributed by atoms with Gasteiger partial charge in [-0.1, -0.05) is 26.2 Å². The minimum atomic E-state index is -1.12. The van der Waals surface area contributed by atoms with Crippen molar-refractivity contribution >= 4 is 5.71 Å². The third-order valence-corrected chi connectivity index (χ3v) is 2.78. The average Bonchev–Trinajstić information content (AvgIpc) is 2.37. The first-order valence-electron chi connectivity index (χ1n) is 6.27. The highest BCUT2D eigenvalue weighted by atomic mass is 16.3. The Morgan fingerprint density at radius 2 is 1.65 bits per heavy atom. The fourth-order valence-corrected chi connectivity index (χ4v) is 1.33. The molecule has 5 heteroatoms. The minimum absolute atomic E-state index is 0.355. The predicted octanol–water partition coefficient (Wildman–Crippen LogP) is 0.638. The predicted molar refractivity (Wildman–Crippen MR) is 69.0 cm³/mol. The molecule has 0 bridgehead atoms. The number of nitrogens with one attached hydrogen (secondary N) is 1. The van der Waals surface area contributed by atoms with E-state index in [-0.39, 0.29) is 19.8 Å². The first-order chi connectivity index (χ1) is 8.14. The Bertz CT molecular complexity index is 208. The highest BCUT2D eigenvalue weighted by Crippen LogP contribution is 2.05. The Morgan fingerprint density at radius 3 is 2.12 bits per heavy atom. The second-order valence-electron chi connectivity index (χ2n) is 4.52. The minimum Gasteiger partial charge on any atom is -0.394 e. The molecule has 0 rings (SSSR count). The quantitative estimate of drug-likeness (QED) is 0.259. The van der Waals surface area contributed by atoms with Crippen LogP contribution in [0.3, 0.4) is 0 Å². The highest BCUT2D eigenvalue weighted by Gasteiger charge is 2.27. The highest BCUT2D eigenvalue weighted by molar-refractivity contribution is 5.81. The zero-order valence-corrected chi connectivity index (χ0v) is 10.9. The van der Waals surface area contributed by atoms with Gasteiger partial charge in [-0.05, 0) is 19.8 Å². The van der Waals surface area contributed by atoms with Crippen molar-refractivity contribution in [3.63, 3.8) is 0 Å². The van der Waals surface area contributed by atoms with Crippen molar-refractivity contribution < 1.29 is 15.3 Å². The molecule has 0 aliphatic rings. The van der Waals surface area contributed by atoms with Crippen LogP contribution in [0.5, 0.6) is 0 Å². The van der Waals surface area contributed by atoms with Crippen molar-refractivity contribution in [2.24, 2.45) is 5.10 Å². The molecule has 0 fully saturated rings. The number of hydrogen-bond acceptors (Lipinski definition) is 5. The number of hydrogen-bond donors (Lipinski definition) is 4. The summed E-state index contributed by atoms with van der Waals surface area (Å²) in [5, 5.41) is 31.3. The number of unbranched alkanes of at least 4 members (excludes halogenated alkanes) is 3. The van der Waals surface area contributed by atoms with E-state index in [9.17, 15) is 0 Å². The van der Waals surface area contributed by atoms with E-state index in [0.717, 1.165) is 18.6 Å². The lowest BCUT2D eigenvalue weighted by Gasteiger charge is -2.27. The van der Waals surface area contributed by atoms with Gasteiger partial charge in [0.15, 0.2) is 0 Å². The van der Waals surface area contributed by atoms with Gasteiger partial charge in [0, 0.05) is 5.71 Å². The van der Waals surface area contributed by atoms with E-state index < -0.39 is 5.54 Å². The molecule has 0 atom stereocenters. The van der Waals surface area contributed by atoms with Gasteiger partial charge in [0.05, 0.1) is 19.8 Å². The largest absolute Gasteiger partial charge is 0.394 e. The maximum atomic E-state index is 9.08. The third kappa shape index (κ3) is 6.61. The van der Waals surface area contributed by atoms with Gasteiger partial charge in [-0.25, -0.2) is 0 Å². The van der Waals surface area contributed by atoms with Crippen LogP contribution >= 0.6 is 0 Å². The standard InChI is InChI=1S/C12H26N2O3/c1-3-4-5-6-7-11(2)13-14-12(8-15,9-16)10-17/h14-17H,3-10H2,1-2H3/b13-11+. The lowest BCUT2D eigenvalue weighted by Crippen LogP contribution is -2.52. The first kappa shape index (κ1) is 16.4. The number of nitrogens with zero attached hydrogens (tertiary/aromatic N) is 1. The summed E-state index contributed by atoms with van der Waals surface area (Å²) < 4.78 is 0. The van der Waals surface area contributed by atoms with E-state index >= 15 is 0 Å². The lowest BCUT2D eigenvalue weighted by molar-refractivity contribution is 0.0434.